The number of carbonyl (C=O) groups is 1. The molecule has 110 valence electrons. The maximum atomic E-state index is 12.4. The van der Waals surface area contributed by atoms with Crippen molar-refractivity contribution in [3.63, 3.8) is 0 Å². The van der Waals surface area contributed by atoms with E-state index in [2.05, 4.69) is 10.3 Å². The minimum absolute atomic E-state index is 0.101. The van der Waals surface area contributed by atoms with Crippen molar-refractivity contribution in [2.45, 2.75) is 13.5 Å². The molecule has 0 saturated heterocycles. The van der Waals surface area contributed by atoms with E-state index >= 15 is 0 Å². The van der Waals surface area contributed by atoms with E-state index in [0.29, 0.717) is 22.9 Å². The van der Waals surface area contributed by atoms with Crippen LogP contribution in [0.2, 0.25) is 5.02 Å². The van der Waals surface area contributed by atoms with Crippen LogP contribution in [0.1, 0.15) is 22.8 Å². The zero-order valence-electron chi connectivity index (χ0n) is 12.1. The van der Waals surface area contributed by atoms with Crippen LogP contribution in [0.5, 0.6) is 0 Å². The average Bonchev–Trinajstić information content (AvgIpc) is 2.49. The summed E-state index contributed by atoms with van der Waals surface area (Å²) in [4.78, 5) is 18.2. The van der Waals surface area contributed by atoms with Crippen LogP contribution >= 0.6 is 11.6 Å². The van der Waals surface area contributed by atoms with Gasteiger partial charge in [-0.25, -0.2) is 4.98 Å². The number of anilines is 1. The molecule has 0 aliphatic heterocycles. The zero-order chi connectivity index (χ0) is 15.2. The van der Waals surface area contributed by atoms with Crippen LogP contribution in [0.3, 0.4) is 0 Å². The molecule has 1 aromatic heterocycles. The first kappa shape index (κ1) is 15.3. The Morgan fingerprint density at radius 2 is 2.05 bits per heavy atom. The quantitative estimate of drug-likeness (QED) is 0.920. The van der Waals surface area contributed by atoms with Gasteiger partial charge >= 0.3 is 0 Å². The first-order chi connectivity index (χ1) is 10.1. The molecule has 1 amide bonds. The molecular formula is C16H18ClN3O. The van der Waals surface area contributed by atoms with E-state index in [1.807, 2.05) is 37.3 Å². The van der Waals surface area contributed by atoms with Crippen LogP contribution in [0, 0.1) is 0 Å². The van der Waals surface area contributed by atoms with Crippen molar-refractivity contribution < 1.29 is 4.79 Å². The Morgan fingerprint density at radius 3 is 2.67 bits per heavy atom. The van der Waals surface area contributed by atoms with E-state index in [-0.39, 0.29) is 5.91 Å². The first-order valence-electron chi connectivity index (χ1n) is 6.80. The average molecular weight is 304 g/mol. The Morgan fingerprint density at radius 1 is 1.33 bits per heavy atom. The maximum Gasteiger partial charge on any atom is 0.255 e. The van der Waals surface area contributed by atoms with Crippen molar-refractivity contribution in [2.24, 2.45) is 0 Å². The first-order valence-corrected chi connectivity index (χ1v) is 7.18. The Kier molecular flexibility index (Phi) is 5.17. The Bertz CT molecular complexity index is 616. The van der Waals surface area contributed by atoms with Crippen LogP contribution in [-0.2, 0) is 6.54 Å². The van der Waals surface area contributed by atoms with Gasteiger partial charge in [-0.1, -0.05) is 41.9 Å². The van der Waals surface area contributed by atoms with Gasteiger partial charge in [0.1, 0.15) is 5.82 Å². The summed E-state index contributed by atoms with van der Waals surface area (Å²) in [5.41, 5.74) is 1.57. The maximum absolute atomic E-state index is 12.4. The second kappa shape index (κ2) is 7.09. The van der Waals surface area contributed by atoms with E-state index in [9.17, 15) is 4.79 Å². The molecule has 2 rings (SSSR count). The molecule has 0 aliphatic rings. The molecule has 5 heteroatoms. The molecule has 1 N–H and O–H groups in total. The second-order valence-corrected chi connectivity index (χ2v) is 5.14. The second-order valence-electron chi connectivity index (χ2n) is 4.73. The molecule has 0 saturated carbocycles. The van der Waals surface area contributed by atoms with Crippen LogP contribution in [-0.4, -0.2) is 29.4 Å². The largest absolute Gasteiger partial charge is 0.369 e. The SMILES string of the molecule is CCNc1ncc(C(=O)N(C)Cc2ccccc2)cc1Cl. The number of nitrogens with zero attached hydrogens (tertiary/aromatic N) is 2. The van der Waals surface area contributed by atoms with Gasteiger partial charge in [-0.05, 0) is 18.6 Å². The summed E-state index contributed by atoms with van der Waals surface area (Å²) in [5, 5.41) is 3.50. The number of carbonyl (C=O) groups excluding carboxylic acids is 1. The van der Waals surface area contributed by atoms with Crippen molar-refractivity contribution in [3.8, 4) is 0 Å². The van der Waals surface area contributed by atoms with Gasteiger partial charge in [0.25, 0.3) is 5.91 Å². The lowest BCUT2D eigenvalue weighted by Gasteiger charge is -2.17. The van der Waals surface area contributed by atoms with E-state index in [0.717, 1.165) is 12.1 Å². The molecule has 21 heavy (non-hydrogen) atoms. The molecule has 0 radical (unpaired) electrons. The van der Waals surface area contributed by atoms with Gasteiger partial charge in [0.05, 0.1) is 10.6 Å². The highest BCUT2D eigenvalue weighted by atomic mass is 35.5. The number of hydrogen-bond donors (Lipinski definition) is 1. The van der Waals surface area contributed by atoms with E-state index in [1.165, 1.54) is 0 Å². The minimum Gasteiger partial charge on any atom is -0.369 e. The number of amides is 1. The van der Waals surface area contributed by atoms with Crippen molar-refractivity contribution in [1.29, 1.82) is 0 Å². The fourth-order valence-corrected chi connectivity index (χ4v) is 2.24. The lowest BCUT2D eigenvalue weighted by molar-refractivity contribution is 0.0784. The molecule has 4 nitrogen and oxygen atoms in total. The summed E-state index contributed by atoms with van der Waals surface area (Å²) in [6.07, 6.45) is 1.55. The normalized spacial score (nSPS) is 10.2. The predicted molar refractivity (Wildman–Crippen MR) is 85.7 cm³/mol. The summed E-state index contributed by atoms with van der Waals surface area (Å²) in [6, 6.07) is 11.5. The summed E-state index contributed by atoms with van der Waals surface area (Å²) >= 11 is 6.12. The van der Waals surface area contributed by atoms with Crippen LogP contribution < -0.4 is 5.32 Å². The number of pyridine rings is 1. The predicted octanol–water partition coefficient (Wildman–Crippen LogP) is 3.44. The van der Waals surface area contributed by atoms with E-state index in [1.54, 1.807) is 24.2 Å². The smallest absolute Gasteiger partial charge is 0.255 e. The third-order valence-corrected chi connectivity index (χ3v) is 3.33. The Hall–Kier alpha value is -2.07. The van der Waals surface area contributed by atoms with Gasteiger partial charge in [0, 0.05) is 26.3 Å². The molecular weight excluding hydrogens is 286 g/mol. The molecule has 0 spiro atoms. The van der Waals surface area contributed by atoms with Crippen LogP contribution in [0.25, 0.3) is 0 Å². The highest BCUT2D eigenvalue weighted by Crippen LogP contribution is 2.20. The van der Waals surface area contributed by atoms with Gasteiger partial charge in [0.15, 0.2) is 0 Å². The van der Waals surface area contributed by atoms with Gasteiger partial charge in [-0.2, -0.15) is 0 Å². The molecule has 0 bridgehead atoms. The Labute approximate surface area is 129 Å². The fourth-order valence-electron chi connectivity index (χ4n) is 2.00. The highest BCUT2D eigenvalue weighted by Gasteiger charge is 2.14. The fraction of sp³-hybridized carbons (Fsp3) is 0.250. The number of benzene rings is 1. The molecule has 2 aromatic rings. The van der Waals surface area contributed by atoms with Crippen molar-refractivity contribution in [1.82, 2.24) is 9.88 Å². The Balaban J connectivity index is 2.10. The van der Waals surface area contributed by atoms with Gasteiger partial charge in [-0.3, -0.25) is 4.79 Å². The van der Waals surface area contributed by atoms with Gasteiger partial charge < -0.3 is 10.2 Å². The zero-order valence-corrected chi connectivity index (χ0v) is 12.9. The summed E-state index contributed by atoms with van der Waals surface area (Å²) in [6.45, 7) is 3.24. The molecule has 0 aliphatic carbocycles. The number of halogens is 1. The van der Waals surface area contributed by atoms with Gasteiger partial charge in [-0.15, -0.1) is 0 Å². The number of rotatable bonds is 5. The topological polar surface area (TPSA) is 45.2 Å². The molecule has 1 aromatic carbocycles. The van der Waals surface area contributed by atoms with E-state index in [4.69, 9.17) is 11.6 Å². The van der Waals surface area contributed by atoms with Gasteiger partial charge in [0.2, 0.25) is 0 Å². The standard InChI is InChI=1S/C16H18ClN3O/c1-3-18-15-14(17)9-13(10-19-15)16(21)20(2)11-12-7-5-4-6-8-12/h4-10H,3,11H2,1-2H3,(H,18,19). The molecule has 0 atom stereocenters. The molecule has 0 fully saturated rings. The van der Waals surface area contributed by atoms with E-state index < -0.39 is 0 Å². The minimum atomic E-state index is -0.101. The summed E-state index contributed by atoms with van der Waals surface area (Å²) in [7, 11) is 1.77. The van der Waals surface area contributed by atoms with Crippen molar-refractivity contribution in [2.75, 3.05) is 18.9 Å². The summed E-state index contributed by atoms with van der Waals surface area (Å²) in [5.74, 6) is 0.498. The van der Waals surface area contributed by atoms with Crippen LogP contribution in [0.15, 0.2) is 42.6 Å². The molecule has 1 heterocycles. The highest BCUT2D eigenvalue weighted by molar-refractivity contribution is 6.33. The lowest BCUT2D eigenvalue weighted by Crippen LogP contribution is -2.26. The monoisotopic (exact) mass is 303 g/mol. The number of nitrogens with one attached hydrogen (secondary N) is 1. The third-order valence-electron chi connectivity index (χ3n) is 3.04. The third kappa shape index (κ3) is 3.95. The lowest BCUT2D eigenvalue weighted by atomic mass is 10.2. The van der Waals surface area contributed by atoms with Crippen molar-refractivity contribution >= 4 is 23.3 Å². The van der Waals surface area contributed by atoms with Crippen LogP contribution in [0.4, 0.5) is 5.82 Å². The van der Waals surface area contributed by atoms with Crippen molar-refractivity contribution in [3.05, 3.63) is 58.7 Å². The molecule has 0 unspecified atom stereocenters. The number of hydrogen-bond acceptors (Lipinski definition) is 3. The summed E-state index contributed by atoms with van der Waals surface area (Å²) < 4.78 is 0. The number of aromatic nitrogens is 1.